The molecule has 0 unspecified atom stereocenters. The van der Waals surface area contributed by atoms with Crippen LogP contribution < -0.4 is 4.74 Å². The summed E-state index contributed by atoms with van der Waals surface area (Å²) in [6.07, 6.45) is 9.60. The van der Waals surface area contributed by atoms with E-state index in [4.69, 9.17) is 4.74 Å². The van der Waals surface area contributed by atoms with Gasteiger partial charge in [-0.05, 0) is 80.7 Å². The molecule has 1 aromatic heterocycles. The third kappa shape index (κ3) is 4.82. The number of halogens is 1. The van der Waals surface area contributed by atoms with E-state index in [1.165, 1.54) is 6.42 Å². The Labute approximate surface area is 200 Å². The Morgan fingerprint density at radius 3 is 2.50 bits per heavy atom. The number of H-pyrrole nitrogens is 1. The van der Waals surface area contributed by atoms with Crippen molar-refractivity contribution in [1.29, 1.82) is 0 Å². The minimum atomic E-state index is -0.271. The van der Waals surface area contributed by atoms with Gasteiger partial charge in [0.1, 0.15) is 17.4 Å². The molecule has 0 spiro atoms. The van der Waals surface area contributed by atoms with E-state index in [1.807, 2.05) is 30.3 Å². The van der Waals surface area contributed by atoms with E-state index in [9.17, 15) is 9.18 Å². The fourth-order valence-corrected chi connectivity index (χ4v) is 5.68. The molecule has 0 bridgehead atoms. The number of hydrogen-bond donors (Lipinski definition) is 1. The molecule has 3 aromatic rings. The van der Waals surface area contributed by atoms with Gasteiger partial charge in [0.15, 0.2) is 0 Å². The number of carbonyl (C=O) groups is 1. The summed E-state index contributed by atoms with van der Waals surface area (Å²) in [5, 5.41) is 0. The van der Waals surface area contributed by atoms with Gasteiger partial charge in [-0.25, -0.2) is 9.37 Å². The number of aromatic amines is 1. The van der Waals surface area contributed by atoms with Gasteiger partial charge >= 0.3 is 0 Å². The second kappa shape index (κ2) is 10.2. The van der Waals surface area contributed by atoms with E-state index in [0.29, 0.717) is 23.2 Å². The number of nitrogens with one attached hydrogen (secondary N) is 1. The topological polar surface area (TPSA) is 58.2 Å². The van der Waals surface area contributed by atoms with Crippen LogP contribution in [0.25, 0.3) is 22.4 Å². The largest absolute Gasteiger partial charge is 0.497 e. The van der Waals surface area contributed by atoms with Crippen molar-refractivity contribution in [2.75, 3.05) is 20.2 Å². The Balaban J connectivity index is 1.29. The lowest BCUT2D eigenvalue weighted by Crippen LogP contribution is -2.40. The number of piperidine rings is 1. The molecule has 1 amide bonds. The van der Waals surface area contributed by atoms with Crippen molar-refractivity contribution in [2.24, 2.45) is 5.92 Å². The van der Waals surface area contributed by atoms with Gasteiger partial charge in [-0.2, -0.15) is 0 Å². The lowest BCUT2D eigenvalue weighted by atomic mass is 9.81. The molecule has 180 valence electrons. The number of aromatic nitrogens is 2. The second-order valence-corrected chi connectivity index (χ2v) is 9.85. The van der Waals surface area contributed by atoms with Gasteiger partial charge < -0.3 is 14.6 Å². The molecular formula is C28H34FN3O2. The average molecular weight is 464 g/mol. The Hall–Kier alpha value is -2.89. The van der Waals surface area contributed by atoms with Gasteiger partial charge in [0, 0.05) is 25.1 Å². The van der Waals surface area contributed by atoms with Crippen LogP contribution in [0.5, 0.6) is 5.75 Å². The van der Waals surface area contributed by atoms with E-state index < -0.39 is 0 Å². The summed E-state index contributed by atoms with van der Waals surface area (Å²) in [5.74, 6) is 1.95. The number of fused-ring (bicyclic) bond motifs is 1. The summed E-state index contributed by atoms with van der Waals surface area (Å²) in [7, 11) is 1.63. The fourth-order valence-electron chi connectivity index (χ4n) is 5.68. The van der Waals surface area contributed by atoms with E-state index in [0.717, 1.165) is 86.8 Å². The number of hydrogen-bond acceptors (Lipinski definition) is 3. The molecule has 1 saturated heterocycles. The van der Waals surface area contributed by atoms with Crippen LogP contribution in [0.4, 0.5) is 4.39 Å². The first-order valence-corrected chi connectivity index (χ1v) is 12.7. The zero-order chi connectivity index (χ0) is 23.5. The predicted octanol–water partition coefficient (Wildman–Crippen LogP) is 6.44. The van der Waals surface area contributed by atoms with Crippen LogP contribution >= 0.6 is 0 Å². The van der Waals surface area contributed by atoms with Crippen LogP contribution in [0.15, 0.2) is 36.4 Å². The molecule has 2 aliphatic rings. The molecule has 34 heavy (non-hydrogen) atoms. The molecule has 1 aliphatic carbocycles. The maximum Gasteiger partial charge on any atom is 0.225 e. The molecule has 1 aliphatic heterocycles. The number of rotatable bonds is 4. The summed E-state index contributed by atoms with van der Waals surface area (Å²) in [5.41, 5.74) is 3.29. The van der Waals surface area contributed by atoms with Crippen molar-refractivity contribution >= 4 is 16.9 Å². The third-order valence-corrected chi connectivity index (χ3v) is 7.63. The second-order valence-electron chi connectivity index (χ2n) is 9.85. The molecule has 1 N–H and O–H groups in total. The number of likely N-dealkylation sites (tertiary alicyclic amines) is 1. The quantitative estimate of drug-likeness (QED) is 0.484. The van der Waals surface area contributed by atoms with Gasteiger partial charge in [-0.1, -0.05) is 18.9 Å². The lowest BCUT2D eigenvalue weighted by molar-refractivity contribution is -0.137. The van der Waals surface area contributed by atoms with Gasteiger partial charge in [-0.3, -0.25) is 4.79 Å². The molecule has 5 rings (SSSR count). The fraction of sp³-hybridized carbons (Fsp3) is 0.500. The minimum absolute atomic E-state index is 0.176. The maximum absolute atomic E-state index is 14.8. The van der Waals surface area contributed by atoms with Crippen molar-refractivity contribution in [3.8, 4) is 17.1 Å². The van der Waals surface area contributed by atoms with Crippen LogP contribution in [0, 0.1) is 11.7 Å². The molecule has 2 aromatic carbocycles. The Morgan fingerprint density at radius 1 is 1.00 bits per heavy atom. The highest BCUT2D eigenvalue weighted by atomic mass is 19.1. The SMILES string of the molecule is COc1ccc2nc(-c3cc(C4CCCC(C(=O)N5CCCCC5)CCC4)ccc3F)[nH]c2c1. The monoisotopic (exact) mass is 463 g/mol. The Bertz CT molecular complexity index is 1140. The highest BCUT2D eigenvalue weighted by Gasteiger charge is 2.27. The van der Waals surface area contributed by atoms with Crippen LogP contribution in [-0.2, 0) is 4.79 Å². The highest BCUT2D eigenvalue weighted by molar-refractivity contribution is 5.81. The molecular weight excluding hydrogens is 429 g/mol. The number of amides is 1. The number of methoxy groups -OCH3 is 1. The zero-order valence-electron chi connectivity index (χ0n) is 20.0. The molecule has 0 atom stereocenters. The summed E-state index contributed by atoms with van der Waals surface area (Å²) in [4.78, 5) is 23.0. The standard InChI is InChI=1S/C28H34FN3O2/c1-34-22-12-14-25-26(18-22)31-27(30-25)23-17-21(11-13-24(23)29)19-7-5-9-20(10-6-8-19)28(33)32-15-3-2-4-16-32/h11-14,17-20H,2-10,15-16H2,1H3,(H,30,31). The van der Waals surface area contributed by atoms with Crippen molar-refractivity contribution in [1.82, 2.24) is 14.9 Å². The zero-order valence-corrected chi connectivity index (χ0v) is 20.0. The first kappa shape index (κ1) is 22.9. The molecule has 2 heterocycles. The van der Waals surface area contributed by atoms with E-state index in [2.05, 4.69) is 14.9 Å². The number of imidazole rings is 1. The molecule has 5 nitrogen and oxygen atoms in total. The first-order valence-electron chi connectivity index (χ1n) is 12.7. The average Bonchev–Trinajstić information content (AvgIpc) is 3.28. The number of nitrogens with zero attached hydrogens (tertiary/aromatic N) is 2. The Kier molecular flexibility index (Phi) is 6.84. The molecule has 2 fully saturated rings. The van der Waals surface area contributed by atoms with Gasteiger partial charge in [0.25, 0.3) is 0 Å². The number of ether oxygens (including phenoxy) is 1. The van der Waals surface area contributed by atoms with Crippen molar-refractivity contribution < 1.29 is 13.9 Å². The maximum atomic E-state index is 14.8. The van der Waals surface area contributed by atoms with Crippen LogP contribution in [0.1, 0.15) is 69.3 Å². The molecule has 6 heteroatoms. The van der Waals surface area contributed by atoms with Gasteiger partial charge in [-0.15, -0.1) is 0 Å². The first-order chi connectivity index (χ1) is 16.6. The lowest BCUT2D eigenvalue weighted by Gasteiger charge is -2.32. The van der Waals surface area contributed by atoms with Crippen molar-refractivity contribution in [3.05, 3.63) is 47.8 Å². The van der Waals surface area contributed by atoms with Crippen LogP contribution in [0.2, 0.25) is 0 Å². The molecule has 1 saturated carbocycles. The van der Waals surface area contributed by atoms with Crippen molar-refractivity contribution in [2.45, 2.75) is 63.7 Å². The third-order valence-electron chi connectivity index (χ3n) is 7.63. The highest BCUT2D eigenvalue weighted by Crippen LogP contribution is 2.36. The smallest absolute Gasteiger partial charge is 0.225 e. The normalized spacial score (nSPS) is 21.8. The van der Waals surface area contributed by atoms with Crippen LogP contribution in [0.3, 0.4) is 0 Å². The molecule has 0 radical (unpaired) electrons. The van der Waals surface area contributed by atoms with Gasteiger partial charge in [0.2, 0.25) is 5.91 Å². The van der Waals surface area contributed by atoms with E-state index in [-0.39, 0.29) is 11.7 Å². The summed E-state index contributed by atoms with van der Waals surface area (Å²) >= 11 is 0. The number of carbonyl (C=O) groups excluding carboxylic acids is 1. The Morgan fingerprint density at radius 2 is 1.76 bits per heavy atom. The van der Waals surface area contributed by atoms with Crippen molar-refractivity contribution in [3.63, 3.8) is 0 Å². The van der Waals surface area contributed by atoms with E-state index in [1.54, 1.807) is 13.2 Å². The summed E-state index contributed by atoms with van der Waals surface area (Å²) in [6, 6.07) is 11.1. The number of benzene rings is 2. The van der Waals surface area contributed by atoms with Gasteiger partial charge in [0.05, 0.1) is 23.7 Å². The predicted molar refractivity (Wildman–Crippen MR) is 132 cm³/mol. The summed E-state index contributed by atoms with van der Waals surface area (Å²) < 4.78 is 20.1. The van der Waals surface area contributed by atoms with Crippen LogP contribution in [-0.4, -0.2) is 41.0 Å². The summed E-state index contributed by atoms with van der Waals surface area (Å²) in [6.45, 7) is 1.87. The van der Waals surface area contributed by atoms with E-state index >= 15 is 0 Å². The minimum Gasteiger partial charge on any atom is -0.497 e.